The second kappa shape index (κ2) is 4.31. The van der Waals surface area contributed by atoms with E-state index in [1.807, 2.05) is 0 Å². The predicted octanol–water partition coefficient (Wildman–Crippen LogP) is 3.16. The molecule has 0 saturated carbocycles. The summed E-state index contributed by atoms with van der Waals surface area (Å²) in [5, 5.41) is 2.93. The van der Waals surface area contributed by atoms with Crippen molar-refractivity contribution in [2.24, 2.45) is 0 Å². The molecule has 0 radical (unpaired) electrons. The lowest BCUT2D eigenvalue weighted by Gasteiger charge is -1.97. The number of anilines is 1. The number of ether oxygens (including phenoxy) is 1. The maximum Gasteiger partial charge on any atom is 0.413 e. The van der Waals surface area contributed by atoms with E-state index in [1.54, 1.807) is 12.1 Å². The molecule has 1 aromatic carbocycles. The summed E-state index contributed by atoms with van der Waals surface area (Å²) in [6.07, 6.45) is -0.591. The predicted molar refractivity (Wildman–Crippen MR) is 64.8 cm³/mol. The number of methoxy groups -OCH3 is 1. The summed E-state index contributed by atoms with van der Waals surface area (Å²) in [6.45, 7) is 0. The van der Waals surface area contributed by atoms with Gasteiger partial charge in [-0.3, -0.25) is 5.32 Å². The van der Waals surface area contributed by atoms with Gasteiger partial charge in [-0.25, -0.2) is 9.78 Å². The Morgan fingerprint density at radius 1 is 1.62 bits per heavy atom. The van der Waals surface area contributed by atoms with Gasteiger partial charge in [0.25, 0.3) is 0 Å². The van der Waals surface area contributed by atoms with Crippen molar-refractivity contribution < 1.29 is 9.53 Å². The van der Waals surface area contributed by atoms with Gasteiger partial charge >= 0.3 is 6.09 Å². The highest BCUT2D eigenvalue weighted by molar-refractivity contribution is 9.10. The van der Waals surface area contributed by atoms with Gasteiger partial charge in [0, 0.05) is 4.47 Å². The van der Waals surface area contributed by atoms with E-state index >= 15 is 0 Å². The number of carbonyl (C=O) groups is 1. The minimum atomic E-state index is -0.591. The van der Waals surface area contributed by atoms with Crippen molar-refractivity contribution in [2.75, 3.05) is 12.4 Å². The lowest BCUT2D eigenvalue weighted by molar-refractivity contribution is 0.186. The topological polar surface area (TPSA) is 67.0 Å². The molecule has 0 atom stereocenters. The van der Waals surface area contributed by atoms with Gasteiger partial charge in [0.15, 0.2) is 0 Å². The highest BCUT2D eigenvalue weighted by atomic mass is 79.9. The first-order valence-corrected chi connectivity index (χ1v) is 5.47. The van der Waals surface area contributed by atoms with Crippen molar-refractivity contribution in [3.8, 4) is 0 Å². The Kier molecular flexibility index (Phi) is 3.02. The van der Waals surface area contributed by atoms with Crippen molar-refractivity contribution in [3.05, 3.63) is 21.6 Å². The highest BCUT2D eigenvalue weighted by Crippen LogP contribution is 2.29. The summed E-state index contributed by atoms with van der Waals surface area (Å²) in [5.41, 5.74) is 1.31. The fourth-order valence-electron chi connectivity index (χ4n) is 1.23. The van der Waals surface area contributed by atoms with Crippen LogP contribution in [0.1, 0.15) is 0 Å². The molecule has 5 nitrogen and oxygen atoms in total. The molecule has 1 amide bonds. The largest absolute Gasteiger partial charge is 0.453 e. The maximum absolute atomic E-state index is 11.0. The van der Waals surface area contributed by atoms with E-state index in [4.69, 9.17) is 11.6 Å². The van der Waals surface area contributed by atoms with Crippen LogP contribution in [-0.4, -0.2) is 23.2 Å². The Hall–Kier alpha value is -1.27. The molecular formula is C9H7BrClN3O2. The number of carbonyl (C=O) groups excluding carboxylic acids is 1. The van der Waals surface area contributed by atoms with Crippen LogP contribution in [0, 0.1) is 0 Å². The van der Waals surface area contributed by atoms with Gasteiger partial charge in [-0.2, -0.15) is 0 Å². The Morgan fingerprint density at radius 2 is 2.38 bits per heavy atom. The molecule has 7 heteroatoms. The van der Waals surface area contributed by atoms with Crippen LogP contribution in [0.25, 0.3) is 11.0 Å². The van der Waals surface area contributed by atoms with Gasteiger partial charge in [0.1, 0.15) is 5.52 Å². The molecule has 0 fully saturated rings. The zero-order chi connectivity index (χ0) is 11.7. The van der Waals surface area contributed by atoms with E-state index in [2.05, 4.69) is 36.0 Å². The van der Waals surface area contributed by atoms with Crippen LogP contribution in [0.2, 0.25) is 5.02 Å². The van der Waals surface area contributed by atoms with Crippen LogP contribution in [0.3, 0.4) is 0 Å². The summed E-state index contributed by atoms with van der Waals surface area (Å²) in [7, 11) is 1.28. The number of aromatic amines is 1. The van der Waals surface area contributed by atoms with Gasteiger partial charge in [-0.15, -0.1) is 0 Å². The first-order chi connectivity index (χ1) is 7.61. The first-order valence-electron chi connectivity index (χ1n) is 4.30. The van der Waals surface area contributed by atoms with Gasteiger partial charge in [0.2, 0.25) is 5.95 Å². The zero-order valence-electron chi connectivity index (χ0n) is 8.17. The molecule has 16 heavy (non-hydrogen) atoms. The number of hydrogen-bond acceptors (Lipinski definition) is 3. The number of fused-ring (bicyclic) bond motifs is 1. The molecule has 1 heterocycles. The molecule has 0 unspecified atom stereocenters. The number of nitrogens with zero attached hydrogens (tertiary/aromatic N) is 1. The summed E-state index contributed by atoms with van der Waals surface area (Å²) in [4.78, 5) is 18.0. The third kappa shape index (κ3) is 1.98. The van der Waals surface area contributed by atoms with E-state index < -0.39 is 6.09 Å². The van der Waals surface area contributed by atoms with Gasteiger partial charge in [-0.05, 0) is 28.1 Å². The Bertz CT molecular complexity index is 516. The van der Waals surface area contributed by atoms with Gasteiger partial charge < -0.3 is 9.72 Å². The fourth-order valence-corrected chi connectivity index (χ4v) is 1.85. The average Bonchev–Trinajstić information content (AvgIpc) is 2.68. The number of imidazole rings is 1. The second-order valence-corrected chi connectivity index (χ2v) is 4.22. The number of nitrogens with one attached hydrogen (secondary N) is 2. The fraction of sp³-hybridized carbons (Fsp3) is 0.111. The Morgan fingerprint density at radius 3 is 3.00 bits per heavy atom. The van der Waals surface area contributed by atoms with E-state index in [0.29, 0.717) is 10.5 Å². The van der Waals surface area contributed by atoms with E-state index in [0.717, 1.165) is 9.99 Å². The normalized spacial score (nSPS) is 10.4. The zero-order valence-corrected chi connectivity index (χ0v) is 10.5. The molecule has 2 rings (SSSR count). The van der Waals surface area contributed by atoms with Crippen molar-refractivity contribution in [1.29, 1.82) is 0 Å². The third-order valence-corrected chi connectivity index (χ3v) is 2.92. The average molecular weight is 305 g/mol. The summed E-state index contributed by atoms with van der Waals surface area (Å²) >= 11 is 9.32. The molecule has 0 saturated heterocycles. The summed E-state index contributed by atoms with van der Waals surface area (Å²) in [6, 6.07) is 3.52. The Balaban J connectivity index is 2.47. The van der Waals surface area contributed by atoms with Crippen LogP contribution in [0.15, 0.2) is 16.6 Å². The number of hydrogen-bond donors (Lipinski definition) is 2. The van der Waals surface area contributed by atoms with Crippen molar-refractivity contribution >= 4 is 50.6 Å². The molecule has 0 spiro atoms. The Labute approximate surface area is 104 Å². The van der Waals surface area contributed by atoms with Gasteiger partial charge in [-0.1, -0.05) is 11.6 Å². The van der Waals surface area contributed by atoms with Gasteiger partial charge in [0.05, 0.1) is 17.6 Å². The van der Waals surface area contributed by atoms with Crippen molar-refractivity contribution in [3.63, 3.8) is 0 Å². The van der Waals surface area contributed by atoms with Crippen LogP contribution in [0.5, 0.6) is 0 Å². The number of amides is 1. The first kappa shape index (κ1) is 11.2. The number of halogens is 2. The smallest absolute Gasteiger partial charge is 0.413 e. The molecular weight excluding hydrogens is 297 g/mol. The summed E-state index contributed by atoms with van der Waals surface area (Å²) in [5.74, 6) is 0.288. The SMILES string of the molecule is COC(=O)Nc1nc2c(Cl)ccc(Br)c2[nH]1. The molecule has 84 valence electrons. The molecule has 0 aliphatic rings. The highest BCUT2D eigenvalue weighted by Gasteiger charge is 2.11. The minimum absolute atomic E-state index is 0.288. The van der Waals surface area contributed by atoms with Crippen LogP contribution in [-0.2, 0) is 4.74 Å². The number of aromatic nitrogens is 2. The number of rotatable bonds is 1. The molecule has 0 aliphatic heterocycles. The van der Waals surface area contributed by atoms with Crippen LogP contribution >= 0.6 is 27.5 Å². The van der Waals surface area contributed by atoms with E-state index in [1.165, 1.54) is 7.11 Å². The molecule has 0 aliphatic carbocycles. The number of H-pyrrole nitrogens is 1. The standard InChI is InChI=1S/C9H7BrClN3O2/c1-16-9(15)14-8-12-6-4(10)2-3-5(11)7(6)13-8/h2-3H,1H3,(H2,12,13,14,15). The summed E-state index contributed by atoms with van der Waals surface area (Å²) < 4.78 is 5.27. The molecule has 0 bridgehead atoms. The van der Waals surface area contributed by atoms with Crippen molar-refractivity contribution in [1.82, 2.24) is 9.97 Å². The maximum atomic E-state index is 11.0. The molecule has 1 aromatic heterocycles. The monoisotopic (exact) mass is 303 g/mol. The van der Waals surface area contributed by atoms with Crippen molar-refractivity contribution in [2.45, 2.75) is 0 Å². The lowest BCUT2D eigenvalue weighted by Crippen LogP contribution is -2.11. The minimum Gasteiger partial charge on any atom is -0.453 e. The van der Waals surface area contributed by atoms with Crippen LogP contribution < -0.4 is 5.32 Å². The van der Waals surface area contributed by atoms with E-state index in [9.17, 15) is 4.79 Å². The second-order valence-electron chi connectivity index (χ2n) is 2.95. The van der Waals surface area contributed by atoms with E-state index in [-0.39, 0.29) is 5.95 Å². The number of benzene rings is 1. The lowest BCUT2D eigenvalue weighted by atomic mass is 10.3. The molecule has 2 aromatic rings. The molecule has 2 N–H and O–H groups in total. The van der Waals surface area contributed by atoms with Crippen LogP contribution in [0.4, 0.5) is 10.7 Å². The quantitative estimate of drug-likeness (QED) is 0.850. The third-order valence-electron chi connectivity index (χ3n) is 1.95.